The molecule has 16 heavy (non-hydrogen) atoms. The van der Waals surface area contributed by atoms with E-state index in [1.54, 1.807) is 0 Å². The maximum Gasteiger partial charge on any atom is 0.0300 e. The summed E-state index contributed by atoms with van der Waals surface area (Å²) in [6.45, 7) is 9.21. The summed E-state index contributed by atoms with van der Waals surface area (Å²) in [7, 11) is 0. The van der Waals surface area contributed by atoms with E-state index in [2.05, 4.69) is 36.8 Å². The Balaban J connectivity index is 2.47. The number of nitrogens with zero attached hydrogens (tertiary/aromatic N) is 1. The van der Waals surface area contributed by atoms with Crippen molar-refractivity contribution in [3.8, 4) is 0 Å². The predicted molar refractivity (Wildman–Crippen MR) is 69.5 cm³/mol. The minimum absolute atomic E-state index is 0.533. The Hall–Kier alpha value is -1.15. The van der Waals surface area contributed by atoms with Gasteiger partial charge in [0.05, 0.1) is 0 Å². The molecule has 0 aromatic carbocycles. The monoisotopic (exact) mass is 218 g/mol. The summed E-state index contributed by atoms with van der Waals surface area (Å²) < 4.78 is 0. The highest BCUT2D eigenvalue weighted by atomic mass is 14.9. The van der Waals surface area contributed by atoms with Crippen LogP contribution in [0.25, 0.3) is 0 Å². The first-order valence-corrected chi connectivity index (χ1v) is 5.99. The maximum atomic E-state index is 4.15. The smallest absolute Gasteiger partial charge is 0.0300 e. The molecule has 0 bridgehead atoms. The molecule has 0 aliphatic rings. The van der Waals surface area contributed by atoms with E-state index in [-0.39, 0.29) is 0 Å². The third kappa shape index (κ3) is 5.08. The van der Waals surface area contributed by atoms with E-state index < -0.39 is 0 Å². The molecule has 1 rings (SSSR count). The van der Waals surface area contributed by atoms with Crippen molar-refractivity contribution in [3.63, 3.8) is 0 Å². The van der Waals surface area contributed by atoms with Crippen LogP contribution in [0, 0.1) is 0 Å². The minimum Gasteiger partial charge on any atom is -0.314 e. The number of nitrogens with one attached hydrogen (secondary N) is 1. The van der Waals surface area contributed by atoms with Crippen molar-refractivity contribution in [1.82, 2.24) is 10.3 Å². The van der Waals surface area contributed by atoms with E-state index in [4.69, 9.17) is 0 Å². The molecule has 0 spiro atoms. The Labute approximate surface area is 98.8 Å². The standard InChI is InChI=1S/C14H22N2/c1-4-16-14(8-7-12(2)3)10-13-6-5-9-15-11-13/h5-6,9,11,14,16H,2,4,7-8,10H2,1,3H3. The lowest BCUT2D eigenvalue weighted by Gasteiger charge is -2.17. The van der Waals surface area contributed by atoms with Crippen molar-refractivity contribution in [2.45, 2.75) is 39.2 Å². The molecule has 2 heteroatoms. The van der Waals surface area contributed by atoms with Crippen molar-refractivity contribution < 1.29 is 0 Å². The highest BCUT2D eigenvalue weighted by Crippen LogP contribution is 2.09. The predicted octanol–water partition coefficient (Wildman–Crippen LogP) is 2.96. The first-order valence-electron chi connectivity index (χ1n) is 5.99. The quantitative estimate of drug-likeness (QED) is 0.712. The van der Waals surface area contributed by atoms with E-state index in [1.165, 1.54) is 11.1 Å². The van der Waals surface area contributed by atoms with Gasteiger partial charge in [0.15, 0.2) is 0 Å². The van der Waals surface area contributed by atoms with Gasteiger partial charge in [0.25, 0.3) is 0 Å². The molecule has 1 unspecified atom stereocenters. The minimum atomic E-state index is 0.533. The Morgan fingerprint density at radius 2 is 2.38 bits per heavy atom. The van der Waals surface area contributed by atoms with Crippen LogP contribution < -0.4 is 5.32 Å². The van der Waals surface area contributed by atoms with Crippen LogP contribution in [0.3, 0.4) is 0 Å². The Morgan fingerprint density at radius 3 is 2.94 bits per heavy atom. The van der Waals surface area contributed by atoms with Gasteiger partial charge in [0, 0.05) is 18.4 Å². The molecule has 0 saturated carbocycles. The van der Waals surface area contributed by atoms with Gasteiger partial charge in [-0.15, -0.1) is 6.58 Å². The van der Waals surface area contributed by atoms with Crippen molar-refractivity contribution in [1.29, 1.82) is 0 Å². The highest BCUT2D eigenvalue weighted by molar-refractivity contribution is 5.10. The van der Waals surface area contributed by atoms with Gasteiger partial charge >= 0.3 is 0 Å². The lowest BCUT2D eigenvalue weighted by Crippen LogP contribution is -2.31. The van der Waals surface area contributed by atoms with Gasteiger partial charge in [-0.2, -0.15) is 0 Å². The number of aromatic nitrogens is 1. The van der Waals surface area contributed by atoms with E-state index in [0.717, 1.165) is 25.8 Å². The molecule has 0 radical (unpaired) electrons. The van der Waals surface area contributed by atoms with E-state index in [0.29, 0.717) is 6.04 Å². The third-order valence-electron chi connectivity index (χ3n) is 2.62. The molecule has 1 heterocycles. The number of allylic oxidation sites excluding steroid dienone is 1. The van der Waals surface area contributed by atoms with Gasteiger partial charge in [-0.05, 0) is 44.4 Å². The van der Waals surface area contributed by atoms with Crippen molar-refractivity contribution in [2.75, 3.05) is 6.54 Å². The lowest BCUT2D eigenvalue weighted by atomic mass is 10.0. The third-order valence-corrected chi connectivity index (χ3v) is 2.62. The van der Waals surface area contributed by atoms with Gasteiger partial charge in [-0.25, -0.2) is 0 Å². The van der Waals surface area contributed by atoms with Crippen molar-refractivity contribution in [2.24, 2.45) is 0 Å². The van der Waals surface area contributed by atoms with E-state index in [1.807, 2.05) is 18.5 Å². The van der Waals surface area contributed by atoms with Crippen LogP contribution in [0.15, 0.2) is 36.7 Å². The first kappa shape index (κ1) is 12.9. The molecule has 1 N–H and O–H groups in total. The van der Waals surface area contributed by atoms with Crippen LogP contribution in [0.1, 0.15) is 32.3 Å². The summed E-state index contributed by atoms with van der Waals surface area (Å²) in [6.07, 6.45) is 7.07. The normalized spacial score (nSPS) is 12.4. The van der Waals surface area contributed by atoms with Gasteiger partial charge in [0.1, 0.15) is 0 Å². The number of rotatable bonds is 7. The van der Waals surface area contributed by atoms with Gasteiger partial charge in [-0.1, -0.05) is 18.6 Å². The van der Waals surface area contributed by atoms with Gasteiger partial charge < -0.3 is 5.32 Å². The summed E-state index contributed by atoms with van der Waals surface area (Å²) in [5, 5.41) is 3.52. The van der Waals surface area contributed by atoms with Crippen LogP contribution in [0.5, 0.6) is 0 Å². The molecule has 0 saturated heterocycles. The zero-order valence-corrected chi connectivity index (χ0v) is 10.4. The lowest BCUT2D eigenvalue weighted by molar-refractivity contribution is 0.490. The van der Waals surface area contributed by atoms with Crippen LogP contribution >= 0.6 is 0 Å². The van der Waals surface area contributed by atoms with Crippen molar-refractivity contribution >= 4 is 0 Å². The fourth-order valence-electron chi connectivity index (χ4n) is 1.79. The second kappa shape index (κ2) is 7.18. The van der Waals surface area contributed by atoms with E-state index in [9.17, 15) is 0 Å². The second-order valence-electron chi connectivity index (χ2n) is 4.32. The number of hydrogen-bond acceptors (Lipinski definition) is 2. The summed E-state index contributed by atoms with van der Waals surface area (Å²) in [5.41, 5.74) is 2.56. The van der Waals surface area contributed by atoms with E-state index >= 15 is 0 Å². The molecule has 1 aromatic heterocycles. The number of pyridine rings is 1. The van der Waals surface area contributed by atoms with Crippen LogP contribution in [0.4, 0.5) is 0 Å². The molecule has 0 aliphatic carbocycles. The summed E-state index contributed by atoms with van der Waals surface area (Å²) in [5.74, 6) is 0. The molecule has 0 fully saturated rings. The molecule has 0 aliphatic heterocycles. The molecule has 1 atom stereocenters. The fraction of sp³-hybridized carbons (Fsp3) is 0.500. The highest BCUT2D eigenvalue weighted by Gasteiger charge is 2.08. The largest absolute Gasteiger partial charge is 0.314 e. The summed E-state index contributed by atoms with van der Waals surface area (Å²) in [6, 6.07) is 4.67. The molecule has 0 amide bonds. The Bertz CT molecular complexity index is 306. The molecule has 1 aromatic rings. The van der Waals surface area contributed by atoms with Crippen LogP contribution in [0.2, 0.25) is 0 Å². The van der Waals surface area contributed by atoms with Crippen molar-refractivity contribution in [3.05, 3.63) is 42.2 Å². The molecular weight excluding hydrogens is 196 g/mol. The van der Waals surface area contributed by atoms with Gasteiger partial charge in [0.2, 0.25) is 0 Å². The first-order chi connectivity index (χ1) is 7.72. The number of likely N-dealkylation sites (N-methyl/N-ethyl adjacent to an activating group) is 1. The van der Waals surface area contributed by atoms with Crippen LogP contribution in [-0.4, -0.2) is 17.6 Å². The SMILES string of the molecule is C=C(C)CCC(Cc1cccnc1)NCC. The topological polar surface area (TPSA) is 24.9 Å². The zero-order valence-electron chi connectivity index (χ0n) is 10.4. The molecule has 2 nitrogen and oxygen atoms in total. The Kier molecular flexibility index (Phi) is 5.79. The van der Waals surface area contributed by atoms with Gasteiger partial charge in [-0.3, -0.25) is 4.98 Å². The molecule has 88 valence electrons. The maximum absolute atomic E-state index is 4.15. The average molecular weight is 218 g/mol. The molecular formula is C14H22N2. The zero-order chi connectivity index (χ0) is 11.8. The summed E-state index contributed by atoms with van der Waals surface area (Å²) in [4.78, 5) is 4.15. The average Bonchev–Trinajstić information content (AvgIpc) is 2.27. The Morgan fingerprint density at radius 1 is 1.56 bits per heavy atom. The fourth-order valence-corrected chi connectivity index (χ4v) is 1.79. The number of hydrogen-bond donors (Lipinski definition) is 1. The summed E-state index contributed by atoms with van der Waals surface area (Å²) >= 11 is 0. The second-order valence-corrected chi connectivity index (χ2v) is 4.32. The van der Waals surface area contributed by atoms with Crippen LogP contribution in [-0.2, 0) is 6.42 Å².